The minimum atomic E-state index is -0.201. The Kier molecular flexibility index (Phi) is 3.72. The Bertz CT molecular complexity index is 324. The Morgan fingerprint density at radius 3 is 2.86 bits per heavy atom. The summed E-state index contributed by atoms with van der Waals surface area (Å²) in [6, 6.07) is 0. The fraction of sp³-hybridized carbons (Fsp3) is 0.500. The molecule has 14 heavy (non-hydrogen) atoms. The third-order valence-electron chi connectivity index (χ3n) is 1.59. The summed E-state index contributed by atoms with van der Waals surface area (Å²) < 4.78 is 1.66. The highest BCUT2D eigenvalue weighted by molar-refractivity contribution is 7.99. The maximum atomic E-state index is 10.8. The molecule has 0 saturated heterocycles. The molecule has 0 aliphatic carbocycles. The number of nitrogen functional groups attached to an aromatic ring is 1. The summed E-state index contributed by atoms with van der Waals surface area (Å²) in [6.45, 7) is 0. The molecule has 0 radical (unpaired) electrons. The van der Waals surface area contributed by atoms with Gasteiger partial charge >= 0.3 is 0 Å². The zero-order valence-electron chi connectivity index (χ0n) is 7.73. The zero-order valence-corrected chi connectivity index (χ0v) is 8.54. The van der Waals surface area contributed by atoms with Crippen molar-refractivity contribution in [3.8, 4) is 0 Å². The lowest BCUT2D eigenvalue weighted by Gasteiger charge is -2.00. The number of hydrogen-bond acceptors (Lipinski definition) is 6. The number of nitrogens with two attached hydrogens (primary N) is 2. The molecule has 8 heteroatoms. The molecular formula is C6H12N6OS. The summed E-state index contributed by atoms with van der Waals surface area (Å²) in [5, 5.41) is 8.19. The molecule has 1 aromatic heterocycles. The minimum absolute atomic E-state index is 0.201. The van der Waals surface area contributed by atoms with Gasteiger partial charge in [0.05, 0.1) is 0 Å². The van der Waals surface area contributed by atoms with E-state index in [9.17, 15) is 4.79 Å². The molecular weight excluding hydrogens is 204 g/mol. The molecule has 0 fully saturated rings. The number of nitrogens with one attached hydrogen (secondary N) is 1. The summed E-state index contributed by atoms with van der Waals surface area (Å²) in [4.78, 5) is 10.8. The average Bonchev–Trinajstić information content (AvgIpc) is 2.49. The number of hydrogen-bond donors (Lipinski definition) is 3. The Labute approximate surface area is 85.2 Å². The van der Waals surface area contributed by atoms with Crippen molar-refractivity contribution in [2.45, 2.75) is 11.6 Å². The number of thioether (sulfide) groups is 1. The van der Waals surface area contributed by atoms with Crippen molar-refractivity contribution in [2.75, 3.05) is 11.5 Å². The average molecular weight is 216 g/mol. The first-order chi connectivity index (χ1) is 6.65. The molecule has 0 spiro atoms. The number of rotatable bonds is 4. The quantitative estimate of drug-likeness (QED) is 0.254. The number of amides is 1. The smallest absolute Gasteiger partial charge is 0.234 e. The molecule has 5 N–H and O–H groups in total. The van der Waals surface area contributed by atoms with E-state index >= 15 is 0 Å². The second-order valence-corrected chi connectivity index (χ2v) is 3.63. The van der Waals surface area contributed by atoms with Gasteiger partial charge in [0.2, 0.25) is 11.9 Å². The van der Waals surface area contributed by atoms with Crippen LogP contribution in [0.1, 0.15) is 6.42 Å². The number of carbonyl (C=O) groups is 1. The standard InChI is InChI=1S/C6H12N6OS/c1-12-5(7)10-11-6(12)14-3-2-4(13)9-8/h2-3,8H2,1H3,(H2,7,10)(H,9,13). The first kappa shape index (κ1) is 10.8. The van der Waals surface area contributed by atoms with Gasteiger partial charge in [-0.25, -0.2) is 5.84 Å². The first-order valence-electron chi connectivity index (χ1n) is 3.92. The molecule has 0 aliphatic rings. The van der Waals surface area contributed by atoms with E-state index in [1.807, 2.05) is 0 Å². The molecule has 0 saturated carbocycles. The Hall–Kier alpha value is -1.28. The van der Waals surface area contributed by atoms with Crippen LogP contribution in [0.15, 0.2) is 5.16 Å². The van der Waals surface area contributed by atoms with Gasteiger partial charge in [0, 0.05) is 19.2 Å². The van der Waals surface area contributed by atoms with Gasteiger partial charge < -0.3 is 5.73 Å². The van der Waals surface area contributed by atoms with E-state index in [1.165, 1.54) is 11.8 Å². The summed E-state index contributed by atoms with van der Waals surface area (Å²) in [7, 11) is 1.76. The number of anilines is 1. The topological polar surface area (TPSA) is 112 Å². The second kappa shape index (κ2) is 4.82. The van der Waals surface area contributed by atoms with Crippen LogP contribution in [0, 0.1) is 0 Å². The van der Waals surface area contributed by atoms with E-state index in [2.05, 4.69) is 15.6 Å². The van der Waals surface area contributed by atoms with Crippen LogP contribution < -0.4 is 17.0 Å². The van der Waals surface area contributed by atoms with Gasteiger partial charge in [0.25, 0.3) is 0 Å². The lowest BCUT2D eigenvalue weighted by molar-refractivity contribution is -0.120. The van der Waals surface area contributed by atoms with E-state index < -0.39 is 0 Å². The Balaban J connectivity index is 2.39. The fourth-order valence-electron chi connectivity index (χ4n) is 0.759. The van der Waals surface area contributed by atoms with Gasteiger partial charge in [-0.3, -0.25) is 14.8 Å². The van der Waals surface area contributed by atoms with Crippen molar-refractivity contribution in [1.29, 1.82) is 0 Å². The lowest BCUT2D eigenvalue weighted by Crippen LogP contribution is -2.30. The molecule has 0 aliphatic heterocycles. The van der Waals surface area contributed by atoms with Gasteiger partial charge in [0.1, 0.15) is 0 Å². The van der Waals surface area contributed by atoms with Crippen molar-refractivity contribution in [3.05, 3.63) is 0 Å². The Morgan fingerprint density at radius 2 is 2.36 bits per heavy atom. The van der Waals surface area contributed by atoms with E-state index in [0.717, 1.165) is 0 Å². The number of nitrogens with zero attached hydrogens (tertiary/aromatic N) is 3. The monoisotopic (exact) mass is 216 g/mol. The third kappa shape index (κ3) is 2.60. The highest BCUT2D eigenvalue weighted by Gasteiger charge is 2.06. The first-order valence-corrected chi connectivity index (χ1v) is 4.91. The summed E-state index contributed by atoms with van der Waals surface area (Å²) in [5.41, 5.74) is 7.53. The van der Waals surface area contributed by atoms with Gasteiger partial charge in [-0.1, -0.05) is 11.8 Å². The Morgan fingerprint density at radius 1 is 1.64 bits per heavy atom. The maximum absolute atomic E-state index is 10.8. The normalized spacial score (nSPS) is 10.1. The van der Waals surface area contributed by atoms with Crippen LogP contribution in [-0.2, 0) is 11.8 Å². The van der Waals surface area contributed by atoms with Gasteiger partial charge in [-0.2, -0.15) is 0 Å². The number of aromatic nitrogens is 3. The van der Waals surface area contributed by atoms with Crippen molar-refractivity contribution < 1.29 is 4.79 Å². The van der Waals surface area contributed by atoms with Crippen LogP contribution in [0.4, 0.5) is 5.95 Å². The molecule has 1 aromatic rings. The second-order valence-electron chi connectivity index (χ2n) is 2.57. The van der Waals surface area contributed by atoms with E-state index in [-0.39, 0.29) is 5.91 Å². The van der Waals surface area contributed by atoms with Crippen LogP contribution in [0.3, 0.4) is 0 Å². The predicted octanol–water partition coefficient (Wildman–Crippen LogP) is -1.13. The van der Waals surface area contributed by atoms with Gasteiger partial charge in [0.15, 0.2) is 5.16 Å². The highest BCUT2D eigenvalue weighted by atomic mass is 32.2. The molecule has 0 bridgehead atoms. The summed E-state index contributed by atoms with van der Waals surface area (Å²) >= 11 is 1.40. The molecule has 0 unspecified atom stereocenters. The third-order valence-corrected chi connectivity index (χ3v) is 2.61. The van der Waals surface area contributed by atoms with E-state index in [1.54, 1.807) is 11.6 Å². The molecule has 0 aromatic carbocycles. The van der Waals surface area contributed by atoms with Gasteiger partial charge in [-0.05, 0) is 0 Å². The number of hydrazine groups is 1. The predicted molar refractivity (Wildman–Crippen MR) is 53.1 cm³/mol. The summed E-state index contributed by atoms with van der Waals surface area (Å²) in [5.74, 6) is 5.67. The van der Waals surface area contributed by atoms with E-state index in [4.69, 9.17) is 11.6 Å². The van der Waals surface area contributed by atoms with Gasteiger partial charge in [-0.15, -0.1) is 10.2 Å². The highest BCUT2D eigenvalue weighted by Crippen LogP contribution is 2.16. The maximum Gasteiger partial charge on any atom is 0.234 e. The molecule has 7 nitrogen and oxygen atoms in total. The van der Waals surface area contributed by atoms with Crippen molar-refractivity contribution in [2.24, 2.45) is 12.9 Å². The van der Waals surface area contributed by atoms with Crippen LogP contribution in [-0.4, -0.2) is 26.4 Å². The largest absolute Gasteiger partial charge is 0.368 e. The lowest BCUT2D eigenvalue weighted by atomic mass is 10.5. The molecule has 1 heterocycles. The van der Waals surface area contributed by atoms with Crippen molar-refractivity contribution in [1.82, 2.24) is 20.2 Å². The molecule has 78 valence electrons. The van der Waals surface area contributed by atoms with Crippen LogP contribution in [0.25, 0.3) is 0 Å². The van der Waals surface area contributed by atoms with Crippen LogP contribution >= 0.6 is 11.8 Å². The van der Waals surface area contributed by atoms with Crippen LogP contribution in [0.5, 0.6) is 0 Å². The summed E-state index contributed by atoms with van der Waals surface area (Å²) in [6.07, 6.45) is 0.341. The zero-order chi connectivity index (χ0) is 10.6. The number of carbonyl (C=O) groups excluding carboxylic acids is 1. The molecule has 1 amide bonds. The van der Waals surface area contributed by atoms with Crippen molar-refractivity contribution >= 4 is 23.6 Å². The fourth-order valence-corrected chi connectivity index (χ4v) is 1.61. The minimum Gasteiger partial charge on any atom is -0.368 e. The molecule has 0 atom stereocenters. The van der Waals surface area contributed by atoms with Crippen molar-refractivity contribution in [3.63, 3.8) is 0 Å². The molecule has 1 rings (SSSR count). The van der Waals surface area contributed by atoms with Crippen LogP contribution in [0.2, 0.25) is 0 Å². The van der Waals surface area contributed by atoms with E-state index in [0.29, 0.717) is 23.3 Å². The SMILES string of the molecule is Cn1c(N)nnc1SCCC(=O)NN.